The van der Waals surface area contributed by atoms with Crippen LogP contribution in [0.2, 0.25) is 0 Å². The highest BCUT2D eigenvalue weighted by atomic mass is 32.2. The molecule has 2 heterocycles. The Balaban J connectivity index is 1.79. The van der Waals surface area contributed by atoms with Crippen molar-refractivity contribution in [2.75, 3.05) is 15.6 Å². The van der Waals surface area contributed by atoms with Crippen LogP contribution in [0.25, 0.3) is 0 Å². The van der Waals surface area contributed by atoms with Gasteiger partial charge >= 0.3 is 6.18 Å². The summed E-state index contributed by atoms with van der Waals surface area (Å²) in [7, 11) is -3.90. The van der Waals surface area contributed by atoms with Crippen molar-refractivity contribution in [3.05, 3.63) is 47.5 Å². The third kappa shape index (κ3) is 4.43. The second-order valence-corrected chi connectivity index (χ2v) is 12.2. The number of halogens is 3. The molecule has 0 bridgehead atoms. The van der Waals surface area contributed by atoms with E-state index in [0.29, 0.717) is 6.07 Å². The fourth-order valence-electron chi connectivity index (χ4n) is 4.26. The number of nitriles is 1. The number of hydrogen-bond donors (Lipinski definition) is 1. The Morgan fingerprint density at radius 2 is 1.78 bits per heavy atom. The van der Waals surface area contributed by atoms with Crippen LogP contribution in [0.5, 0.6) is 5.75 Å². The van der Waals surface area contributed by atoms with Crippen LogP contribution in [0.15, 0.2) is 41.3 Å². The van der Waals surface area contributed by atoms with Crippen LogP contribution >= 0.6 is 12.2 Å². The van der Waals surface area contributed by atoms with Crippen molar-refractivity contribution in [1.29, 1.82) is 5.26 Å². The second kappa shape index (κ2) is 8.41. The molecule has 1 fully saturated rings. The number of anilines is 2. The molecule has 0 saturated carbocycles. The van der Waals surface area contributed by atoms with Gasteiger partial charge in [-0.05, 0) is 76.3 Å². The van der Waals surface area contributed by atoms with Gasteiger partial charge in [0.15, 0.2) is 14.9 Å². The van der Waals surface area contributed by atoms with Crippen LogP contribution in [-0.2, 0) is 20.8 Å². The first kappa shape index (κ1) is 26.8. The number of carbonyl (C=O) groups excluding carboxylic acids is 1. The van der Waals surface area contributed by atoms with Crippen LogP contribution in [0.4, 0.5) is 24.5 Å². The molecule has 1 amide bonds. The number of benzene rings is 2. The minimum Gasteiger partial charge on any atom is -0.485 e. The van der Waals surface area contributed by atoms with E-state index in [1.54, 1.807) is 0 Å². The lowest BCUT2D eigenvalue weighted by Crippen LogP contribution is -2.47. The van der Waals surface area contributed by atoms with E-state index in [4.69, 9.17) is 22.2 Å². The molecule has 2 aliphatic heterocycles. The van der Waals surface area contributed by atoms with Crippen LogP contribution in [-0.4, -0.2) is 47.5 Å². The molecule has 0 aromatic heterocycles. The summed E-state index contributed by atoms with van der Waals surface area (Å²) >= 11 is 5.50. The molecular formula is C24H22F3N3O5S2. The number of ether oxygens (including phenoxy) is 1. The summed E-state index contributed by atoms with van der Waals surface area (Å²) in [5.41, 5.74) is -4.61. The SMILES string of the molecule is CC(C)(O)[C@@H]1CS(=O)(=O)c2cc(N3C(=S)N(c4ccc(C#N)c(C(F)(F)F)c4)C(=O)C3(C)C)ccc2O1. The van der Waals surface area contributed by atoms with Crippen molar-refractivity contribution in [2.24, 2.45) is 0 Å². The van der Waals surface area contributed by atoms with Gasteiger partial charge in [-0.25, -0.2) is 8.42 Å². The van der Waals surface area contributed by atoms with Crippen LogP contribution in [0.1, 0.15) is 38.8 Å². The summed E-state index contributed by atoms with van der Waals surface area (Å²) in [5, 5.41) is 19.2. The maximum Gasteiger partial charge on any atom is 0.417 e. The molecule has 0 radical (unpaired) electrons. The van der Waals surface area contributed by atoms with E-state index < -0.39 is 56.0 Å². The van der Waals surface area contributed by atoms with Gasteiger partial charge in [0.2, 0.25) is 0 Å². The lowest BCUT2D eigenvalue weighted by Gasteiger charge is -2.35. The Morgan fingerprint density at radius 3 is 2.35 bits per heavy atom. The Morgan fingerprint density at radius 1 is 1.16 bits per heavy atom. The summed E-state index contributed by atoms with van der Waals surface area (Å²) in [5.74, 6) is -1.10. The number of carbonyl (C=O) groups is 1. The zero-order chi connectivity index (χ0) is 27.7. The van der Waals surface area contributed by atoms with E-state index in [-0.39, 0.29) is 27.1 Å². The van der Waals surface area contributed by atoms with Crippen molar-refractivity contribution in [1.82, 2.24) is 0 Å². The topological polar surface area (TPSA) is 111 Å². The molecular weight excluding hydrogens is 531 g/mol. The normalized spacial score (nSPS) is 20.9. The molecule has 2 aliphatic rings. The number of amides is 1. The number of alkyl halides is 3. The van der Waals surface area contributed by atoms with Gasteiger partial charge in [-0.3, -0.25) is 9.69 Å². The Labute approximate surface area is 216 Å². The summed E-state index contributed by atoms with van der Waals surface area (Å²) in [6, 6.07) is 8.48. The molecule has 2 aromatic rings. The monoisotopic (exact) mass is 553 g/mol. The summed E-state index contributed by atoms with van der Waals surface area (Å²) in [4.78, 5) is 15.5. The molecule has 1 saturated heterocycles. The first-order valence-electron chi connectivity index (χ1n) is 11.0. The standard InChI is InChI=1S/C24H22F3N3O5S2/c1-22(2)20(31)29(14-6-5-13(11-28)16(9-14)24(25,26)27)21(36)30(22)15-7-8-17-18(10-15)37(33,34)12-19(35-17)23(3,4)32/h5-10,19,32H,12H2,1-4H3/t19-/m0/s1. The molecule has 1 N–H and O–H groups in total. The lowest BCUT2D eigenvalue weighted by molar-refractivity contribution is -0.137. The average molecular weight is 554 g/mol. The molecule has 0 aliphatic carbocycles. The van der Waals surface area contributed by atoms with Gasteiger partial charge in [0, 0.05) is 5.69 Å². The van der Waals surface area contributed by atoms with Crippen LogP contribution in [0, 0.1) is 11.3 Å². The van der Waals surface area contributed by atoms with E-state index in [2.05, 4.69) is 0 Å². The lowest BCUT2D eigenvalue weighted by atomic mass is 10.0. The molecule has 13 heteroatoms. The predicted octanol–water partition coefficient (Wildman–Crippen LogP) is 3.80. The highest BCUT2D eigenvalue weighted by molar-refractivity contribution is 7.91. The fourth-order valence-corrected chi connectivity index (χ4v) is 6.56. The van der Waals surface area contributed by atoms with Crippen molar-refractivity contribution >= 4 is 44.4 Å². The smallest absolute Gasteiger partial charge is 0.417 e. The fraction of sp³-hybridized carbons (Fsp3) is 0.375. The number of fused-ring (bicyclic) bond motifs is 1. The van der Waals surface area contributed by atoms with Crippen LogP contribution < -0.4 is 14.5 Å². The van der Waals surface area contributed by atoms with E-state index >= 15 is 0 Å². The van der Waals surface area contributed by atoms with Crippen LogP contribution in [0.3, 0.4) is 0 Å². The third-order valence-corrected chi connectivity index (χ3v) is 8.40. The van der Waals surface area contributed by atoms with E-state index in [1.807, 2.05) is 0 Å². The third-order valence-electron chi connectivity index (χ3n) is 6.30. The summed E-state index contributed by atoms with van der Waals surface area (Å²) in [6.45, 7) is 5.88. The number of thiocarbonyl (C=S) groups is 1. The molecule has 0 unspecified atom stereocenters. The quantitative estimate of drug-likeness (QED) is 0.572. The van der Waals surface area contributed by atoms with Gasteiger partial charge in [-0.15, -0.1) is 0 Å². The zero-order valence-corrected chi connectivity index (χ0v) is 21.8. The maximum atomic E-state index is 13.5. The minimum atomic E-state index is -4.84. The van der Waals surface area contributed by atoms with Crippen molar-refractivity contribution in [3.8, 4) is 11.8 Å². The van der Waals surface area contributed by atoms with Crippen molar-refractivity contribution < 1.29 is 36.2 Å². The highest BCUT2D eigenvalue weighted by Crippen LogP contribution is 2.42. The first-order valence-corrected chi connectivity index (χ1v) is 13.0. The van der Waals surface area contributed by atoms with Crippen molar-refractivity contribution in [2.45, 2.75) is 56.0 Å². The molecule has 8 nitrogen and oxygen atoms in total. The summed E-state index contributed by atoms with van der Waals surface area (Å²) < 4.78 is 72.4. The largest absolute Gasteiger partial charge is 0.485 e. The van der Waals surface area contributed by atoms with Gasteiger partial charge in [-0.2, -0.15) is 18.4 Å². The van der Waals surface area contributed by atoms with E-state index in [9.17, 15) is 31.5 Å². The minimum absolute atomic E-state index is 0.0233. The number of sulfone groups is 1. The van der Waals surface area contributed by atoms with Gasteiger partial charge < -0.3 is 14.7 Å². The molecule has 0 spiro atoms. The molecule has 196 valence electrons. The molecule has 2 aromatic carbocycles. The zero-order valence-electron chi connectivity index (χ0n) is 20.1. The number of hydrogen-bond acceptors (Lipinski definition) is 7. The predicted molar refractivity (Wildman–Crippen MR) is 132 cm³/mol. The number of rotatable bonds is 3. The Hall–Kier alpha value is -3.21. The average Bonchev–Trinajstić information content (AvgIpc) is 2.95. The Bertz CT molecular complexity index is 1470. The van der Waals surface area contributed by atoms with Gasteiger partial charge in [-0.1, -0.05) is 0 Å². The van der Waals surface area contributed by atoms with Gasteiger partial charge in [0.25, 0.3) is 5.91 Å². The van der Waals surface area contributed by atoms with Crippen molar-refractivity contribution in [3.63, 3.8) is 0 Å². The first-order chi connectivity index (χ1) is 16.9. The van der Waals surface area contributed by atoms with Gasteiger partial charge in [0.1, 0.15) is 22.3 Å². The molecule has 37 heavy (non-hydrogen) atoms. The number of nitrogens with zero attached hydrogens (tertiary/aromatic N) is 3. The molecule has 1 atom stereocenters. The van der Waals surface area contributed by atoms with Gasteiger partial charge in [0.05, 0.1) is 34.2 Å². The Kier molecular flexibility index (Phi) is 6.10. The highest BCUT2D eigenvalue weighted by Gasteiger charge is 2.51. The molecule has 4 rings (SSSR count). The second-order valence-electron chi connectivity index (χ2n) is 9.83. The number of aliphatic hydroxyl groups is 1. The summed E-state index contributed by atoms with van der Waals surface area (Å²) in [6.07, 6.45) is -5.84. The van der Waals surface area contributed by atoms with E-state index in [1.165, 1.54) is 62.9 Å². The van der Waals surface area contributed by atoms with E-state index in [0.717, 1.165) is 11.0 Å². The maximum absolute atomic E-state index is 13.5.